The first kappa shape index (κ1) is 19.3. The normalized spacial score (nSPS) is 18.0. The number of likely N-dealkylation sites (tertiary alicyclic amines) is 1. The minimum Gasteiger partial charge on any atom is -0.444 e. The molecule has 1 N–H and O–H groups in total. The number of hydrogen-bond acceptors (Lipinski definition) is 4. The second kappa shape index (κ2) is 6.90. The second-order valence-corrected chi connectivity index (χ2v) is 7.65. The number of carbonyl (C=O) groups is 1. The summed E-state index contributed by atoms with van der Waals surface area (Å²) >= 11 is 0. The van der Waals surface area contributed by atoms with Gasteiger partial charge in [-0.2, -0.15) is 13.2 Å². The molecule has 2 heterocycles. The van der Waals surface area contributed by atoms with E-state index in [2.05, 4.69) is 10.3 Å². The summed E-state index contributed by atoms with van der Waals surface area (Å²) in [4.78, 5) is 17.6. The minimum atomic E-state index is -4.50. The molecule has 1 fully saturated rings. The highest BCUT2D eigenvalue weighted by Crippen LogP contribution is 2.36. The van der Waals surface area contributed by atoms with Crippen LogP contribution in [0.3, 0.4) is 0 Å². The van der Waals surface area contributed by atoms with Crippen molar-refractivity contribution in [2.24, 2.45) is 0 Å². The van der Waals surface area contributed by atoms with Crippen molar-refractivity contribution in [1.29, 1.82) is 0 Å². The van der Waals surface area contributed by atoms with Crippen LogP contribution in [-0.4, -0.2) is 40.7 Å². The molecule has 0 radical (unpaired) electrons. The molecule has 1 saturated heterocycles. The van der Waals surface area contributed by atoms with Crippen LogP contribution < -0.4 is 5.32 Å². The summed E-state index contributed by atoms with van der Waals surface area (Å²) in [6, 6.07) is 5.78. The van der Waals surface area contributed by atoms with Crippen molar-refractivity contribution in [3.8, 4) is 0 Å². The molecule has 1 aliphatic rings. The third-order valence-corrected chi connectivity index (χ3v) is 4.22. The molecule has 8 heteroatoms. The number of rotatable bonds is 2. The summed E-state index contributed by atoms with van der Waals surface area (Å²) in [6.07, 6.45) is -2.93. The molecule has 1 unspecified atom stereocenters. The number of benzene rings is 1. The average molecular weight is 381 g/mol. The zero-order valence-electron chi connectivity index (χ0n) is 15.4. The molecule has 0 aliphatic carbocycles. The van der Waals surface area contributed by atoms with Crippen molar-refractivity contribution >= 4 is 22.7 Å². The molecule has 146 valence electrons. The molecule has 3 rings (SSSR count). The van der Waals surface area contributed by atoms with E-state index in [-0.39, 0.29) is 11.6 Å². The Morgan fingerprint density at radius 2 is 2.04 bits per heavy atom. The van der Waals surface area contributed by atoms with E-state index in [0.717, 1.165) is 6.07 Å². The molecule has 5 nitrogen and oxygen atoms in total. The highest BCUT2D eigenvalue weighted by molar-refractivity contribution is 5.86. The van der Waals surface area contributed by atoms with Gasteiger partial charge in [0.15, 0.2) is 0 Å². The topological polar surface area (TPSA) is 54.5 Å². The van der Waals surface area contributed by atoms with Crippen molar-refractivity contribution in [2.75, 3.05) is 18.4 Å². The molecule has 27 heavy (non-hydrogen) atoms. The van der Waals surface area contributed by atoms with Crippen LogP contribution in [0.25, 0.3) is 10.9 Å². The molecule has 2 aromatic rings. The van der Waals surface area contributed by atoms with Crippen LogP contribution in [0.5, 0.6) is 0 Å². The Balaban J connectivity index is 1.77. The highest BCUT2D eigenvalue weighted by atomic mass is 19.4. The predicted molar refractivity (Wildman–Crippen MR) is 96.6 cm³/mol. The number of carbonyl (C=O) groups excluding carboxylic acids is 1. The van der Waals surface area contributed by atoms with E-state index < -0.39 is 23.4 Å². The van der Waals surface area contributed by atoms with Crippen LogP contribution >= 0.6 is 0 Å². The Labute approximate surface area is 155 Å². The number of ether oxygens (including phenoxy) is 1. The Hall–Kier alpha value is -2.51. The molecule has 1 amide bonds. The number of nitrogens with zero attached hydrogens (tertiary/aromatic N) is 2. The lowest BCUT2D eigenvalue weighted by Gasteiger charge is -2.24. The summed E-state index contributed by atoms with van der Waals surface area (Å²) < 4.78 is 45.5. The summed E-state index contributed by atoms with van der Waals surface area (Å²) in [5, 5.41) is 3.53. The molecule has 1 aromatic heterocycles. The molecule has 1 aliphatic heterocycles. The van der Waals surface area contributed by atoms with Gasteiger partial charge in [0.2, 0.25) is 0 Å². The molecule has 0 saturated carbocycles. The molecular formula is C19H22F3N3O2. The van der Waals surface area contributed by atoms with Crippen LogP contribution in [0.2, 0.25) is 0 Å². The summed E-state index contributed by atoms with van der Waals surface area (Å²) in [7, 11) is 0. The summed E-state index contributed by atoms with van der Waals surface area (Å²) in [5.41, 5.74) is -1.07. The molecule has 1 aromatic carbocycles. The van der Waals surface area contributed by atoms with Crippen LogP contribution in [-0.2, 0) is 10.9 Å². The SMILES string of the molecule is CC(C)(C)OC(=O)N1CCC(Nc2cc(C(F)(F)F)c3ncccc3c2)C1. The first-order chi connectivity index (χ1) is 12.5. The largest absolute Gasteiger partial charge is 0.444 e. The lowest BCUT2D eigenvalue weighted by atomic mass is 10.1. The second-order valence-electron chi connectivity index (χ2n) is 7.65. The number of alkyl halides is 3. The number of anilines is 1. The third kappa shape index (κ3) is 4.61. The van der Waals surface area contributed by atoms with Gasteiger partial charge >= 0.3 is 12.3 Å². The monoisotopic (exact) mass is 381 g/mol. The third-order valence-electron chi connectivity index (χ3n) is 4.22. The van der Waals surface area contributed by atoms with Gasteiger partial charge in [0.1, 0.15) is 5.60 Å². The van der Waals surface area contributed by atoms with Gasteiger partial charge in [-0.05, 0) is 45.4 Å². The van der Waals surface area contributed by atoms with Gasteiger partial charge < -0.3 is 15.0 Å². The zero-order chi connectivity index (χ0) is 19.8. The summed E-state index contributed by atoms with van der Waals surface area (Å²) in [5.74, 6) is 0. The quantitative estimate of drug-likeness (QED) is 0.821. The number of aromatic nitrogens is 1. The van der Waals surface area contributed by atoms with Gasteiger partial charge in [-0.1, -0.05) is 6.07 Å². The van der Waals surface area contributed by atoms with Crippen molar-refractivity contribution in [3.63, 3.8) is 0 Å². The van der Waals surface area contributed by atoms with Crippen molar-refractivity contribution < 1.29 is 22.7 Å². The van der Waals surface area contributed by atoms with E-state index in [1.807, 2.05) is 0 Å². The molecular weight excluding hydrogens is 359 g/mol. The minimum absolute atomic E-state index is 0.0719. The van der Waals surface area contributed by atoms with E-state index >= 15 is 0 Å². The Morgan fingerprint density at radius 1 is 1.30 bits per heavy atom. The maximum atomic E-state index is 13.4. The number of fused-ring (bicyclic) bond motifs is 1. The first-order valence-electron chi connectivity index (χ1n) is 8.73. The fourth-order valence-electron chi connectivity index (χ4n) is 3.10. The average Bonchev–Trinajstić information content (AvgIpc) is 3.00. The van der Waals surface area contributed by atoms with Gasteiger partial charge in [0.05, 0.1) is 11.1 Å². The zero-order valence-corrected chi connectivity index (χ0v) is 15.4. The standard InChI is InChI=1S/C19H22F3N3O2/c1-18(2,3)27-17(26)25-8-6-13(11-25)24-14-9-12-5-4-7-23-16(12)15(10-14)19(20,21)22/h4-5,7,9-10,13,24H,6,8,11H2,1-3H3. The van der Waals surface area contributed by atoms with Crippen LogP contribution in [0.15, 0.2) is 30.5 Å². The predicted octanol–water partition coefficient (Wildman–Crippen LogP) is 4.67. The van der Waals surface area contributed by atoms with Crippen molar-refractivity contribution in [3.05, 3.63) is 36.0 Å². The molecule has 0 bridgehead atoms. The molecule has 1 atom stereocenters. The van der Waals surface area contributed by atoms with Crippen LogP contribution in [0, 0.1) is 0 Å². The maximum absolute atomic E-state index is 13.4. The van der Waals surface area contributed by atoms with Gasteiger partial charge in [-0.3, -0.25) is 4.98 Å². The van der Waals surface area contributed by atoms with Gasteiger partial charge in [-0.15, -0.1) is 0 Å². The Bertz CT molecular complexity index is 846. The van der Waals surface area contributed by atoms with E-state index in [1.165, 1.54) is 6.20 Å². The number of amides is 1. The van der Waals surface area contributed by atoms with E-state index in [0.29, 0.717) is 30.6 Å². The first-order valence-corrected chi connectivity index (χ1v) is 8.73. The fraction of sp³-hybridized carbons (Fsp3) is 0.474. The van der Waals surface area contributed by atoms with Gasteiger partial charge in [-0.25, -0.2) is 4.79 Å². The smallest absolute Gasteiger partial charge is 0.418 e. The highest BCUT2D eigenvalue weighted by Gasteiger charge is 2.34. The lowest BCUT2D eigenvalue weighted by molar-refractivity contribution is -0.136. The van der Waals surface area contributed by atoms with E-state index in [4.69, 9.17) is 4.74 Å². The Kier molecular flexibility index (Phi) is 4.92. The van der Waals surface area contributed by atoms with Crippen LogP contribution in [0.1, 0.15) is 32.8 Å². The fourth-order valence-corrected chi connectivity index (χ4v) is 3.10. The van der Waals surface area contributed by atoms with Gasteiger partial charge in [0, 0.05) is 36.4 Å². The Morgan fingerprint density at radius 3 is 2.70 bits per heavy atom. The van der Waals surface area contributed by atoms with E-state index in [1.54, 1.807) is 43.9 Å². The van der Waals surface area contributed by atoms with Crippen molar-refractivity contribution in [2.45, 2.75) is 45.0 Å². The summed E-state index contributed by atoms with van der Waals surface area (Å²) in [6.45, 7) is 6.24. The number of hydrogen-bond donors (Lipinski definition) is 1. The van der Waals surface area contributed by atoms with Crippen LogP contribution in [0.4, 0.5) is 23.7 Å². The number of nitrogens with one attached hydrogen (secondary N) is 1. The lowest BCUT2D eigenvalue weighted by Crippen LogP contribution is -2.36. The van der Waals surface area contributed by atoms with Gasteiger partial charge in [0.25, 0.3) is 0 Å². The van der Waals surface area contributed by atoms with E-state index in [9.17, 15) is 18.0 Å². The number of halogens is 3. The van der Waals surface area contributed by atoms with Crippen molar-refractivity contribution in [1.82, 2.24) is 9.88 Å². The number of pyridine rings is 1. The molecule has 0 spiro atoms. The maximum Gasteiger partial charge on any atom is 0.418 e.